The van der Waals surface area contributed by atoms with E-state index in [1.807, 2.05) is 6.34 Å². The molecule has 0 N–H and O–H groups in total. The van der Waals surface area contributed by atoms with Crippen LogP contribution in [0.2, 0.25) is 0 Å². The number of hydrazone groups is 1. The van der Waals surface area contributed by atoms with Gasteiger partial charge in [0.15, 0.2) is 0 Å². The Labute approximate surface area is 87.8 Å². The van der Waals surface area contributed by atoms with Gasteiger partial charge in [-0.3, -0.25) is 5.01 Å². The van der Waals surface area contributed by atoms with Crippen LogP contribution in [0, 0.1) is 5.92 Å². The topological polar surface area (TPSA) is 18.8 Å². The molecule has 0 amide bonds. The Morgan fingerprint density at radius 3 is 2.71 bits per heavy atom. The SMILES string of the molecule is CCCCC1N(CC(C)C)C=NN1C. The van der Waals surface area contributed by atoms with Crippen LogP contribution in [0.3, 0.4) is 0 Å². The molecule has 0 spiro atoms. The lowest BCUT2D eigenvalue weighted by molar-refractivity contribution is 0.139. The average molecular weight is 197 g/mol. The first-order valence-electron chi connectivity index (χ1n) is 5.67. The highest BCUT2D eigenvalue weighted by atomic mass is 15.6. The van der Waals surface area contributed by atoms with Crippen LogP contribution in [0.1, 0.15) is 40.0 Å². The van der Waals surface area contributed by atoms with Crippen LogP contribution in [-0.2, 0) is 0 Å². The number of rotatable bonds is 5. The molecule has 14 heavy (non-hydrogen) atoms. The van der Waals surface area contributed by atoms with Crippen molar-refractivity contribution in [3.63, 3.8) is 0 Å². The molecule has 1 rings (SSSR count). The molecule has 82 valence electrons. The van der Waals surface area contributed by atoms with Gasteiger partial charge in [-0.05, 0) is 18.8 Å². The van der Waals surface area contributed by atoms with Crippen molar-refractivity contribution in [3.8, 4) is 0 Å². The highest BCUT2D eigenvalue weighted by Crippen LogP contribution is 2.17. The second kappa shape index (κ2) is 5.23. The molecule has 3 nitrogen and oxygen atoms in total. The lowest BCUT2D eigenvalue weighted by Gasteiger charge is -2.29. The van der Waals surface area contributed by atoms with Gasteiger partial charge in [0.25, 0.3) is 0 Å². The molecule has 0 aromatic heterocycles. The van der Waals surface area contributed by atoms with Crippen molar-refractivity contribution >= 4 is 6.34 Å². The fourth-order valence-corrected chi connectivity index (χ4v) is 1.85. The summed E-state index contributed by atoms with van der Waals surface area (Å²) in [6.45, 7) is 7.86. The zero-order valence-electron chi connectivity index (χ0n) is 9.90. The van der Waals surface area contributed by atoms with Crippen molar-refractivity contribution < 1.29 is 0 Å². The zero-order valence-corrected chi connectivity index (χ0v) is 9.90. The predicted molar refractivity (Wildman–Crippen MR) is 61.1 cm³/mol. The molecular weight excluding hydrogens is 174 g/mol. The Bertz CT molecular complexity index is 189. The van der Waals surface area contributed by atoms with Gasteiger partial charge in [0.1, 0.15) is 12.5 Å². The summed E-state index contributed by atoms with van der Waals surface area (Å²) >= 11 is 0. The van der Waals surface area contributed by atoms with Gasteiger partial charge in [-0.15, -0.1) is 0 Å². The minimum absolute atomic E-state index is 0.498. The van der Waals surface area contributed by atoms with Crippen LogP contribution in [0.5, 0.6) is 0 Å². The van der Waals surface area contributed by atoms with Crippen LogP contribution in [0.15, 0.2) is 5.10 Å². The number of nitrogens with zero attached hydrogens (tertiary/aromatic N) is 3. The maximum Gasteiger partial charge on any atom is 0.118 e. The van der Waals surface area contributed by atoms with Gasteiger partial charge in [-0.2, -0.15) is 5.10 Å². The Balaban J connectivity index is 2.43. The monoisotopic (exact) mass is 197 g/mol. The summed E-state index contributed by atoms with van der Waals surface area (Å²) in [5.41, 5.74) is 0. The van der Waals surface area contributed by atoms with Crippen LogP contribution >= 0.6 is 0 Å². The normalized spacial score (nSPS) is 21.4. The van der Waals surface area contributed by atoms with E-state index in [0.29, 0.717) is 12.1 Å². The predicted octanol–water partition coefficient (Wildman–Crippen LogP) is 2.35. The van der Waals surface area contributed by atoms with Gasteiger partial charge in [0.05, 0.1) is 0 Å². The van der Waals surface area contributed by atoms with E-state index in [2.05, 4.69) is 42.8 Å². The van der Waals surface area contributed by atoms with E-state index >= 15 is 0 Å². The summed E-state index contributed by atoms with van der Waals surface area (Å²) < 4.78 is 0. The van der Waals surface area contributed by atoms with Gasteiger partial charge in [-0.25, -0.2) is 0 Å². The van der Waals surface area contributed by atoms with Gasteiger partial charge >= 0.3 is 0 Å². The van der Waals surface area contributed by atoms with E-state index in [4.69, 9.17) is 0 Å². The molecule has 0 radical (unpaired) electrons. The molecule has 0 aliphatic carbocycles. The molecular formula is C11H23N3. The summed E-state index contributed by atoms with van der Waals surface area (Å²) in [7, 11) is 2.07. The minimum Gasteiger partial charge on any atom is -0.339 e. The number of unbranched alkanes of at least 4 members (excludes halogenated alkanes) is 1. The van der Waals surface area contributed by atoms with Gasteiger partial charge in [0.2, 0.25) is 0 Å². The van der Waals surface area contributed by atoms with Gasteiger partial charge in [0, 0.05) is 13.6 Å². The first-order valence-corrected chi connectivity index (χ1v) is 5.67. The summed E-state index contributed by atoms with van der Waals surface area (Å²) in [6.07, 6.45) is 6.25. The van der Waals surface area contributed by atoms with Crippen molar-refractivity contribution in [1.82, 2.24) is 9.91 Å². The van der Waals surface area contributed by atoms with Gasteiger partial charge < -0.3 is 4.90 Å². The molecule has 1 atom stereocenters. The van der Waals surface area contributed by atoms with E-state index < -0.39 is 0 Å². The van der Waals surface area contributed by atoms with Crippen molar-refractivity contribution in [2.75, 3.05) is 13.6 Å². The number of hydrogen-bond donors (Lipinski definition) is 0. The Morgan fingerprint density at radius 1 is 1.43 bits per heavy atom. The highest BCUT2D eigenvalue weighted by molar-refractivity contribution is 5.56. The second-order valence-corrected chi connectivity index (χ2v) is 4.52. The van der Waals surface area contributed by atoms with Crippen LogP contribution < -0.4 is 0 Å². The first kappa shape index (κ1) is 11.3. The van der Waals surface area contributed by atoms with Crippen molar-refractivity contribution in [2.45, 2.75) is 46.2 Å². The Hall–Kier alpha value is -0.730. The zero-order chi connectivity index (χ0) is 10.6. The quantitative estimate of drug-likeness (QED) is 0.673. The third-order valence-electron chi connectivity index (χ3n) is 2.59. The second-order valence-electron chi connectivity index (χ2n) is 4.52. The molecule has 0 fully saturated rings. The van der Waals surface area contributed by atoms with E-state index in [-0.39, 0.29) is 0 Å². The number of hydrogen-bond acceptors (Lipinski definition) is 3. The molecule has 0 aromatic carbocycles. The Morgan fingerprint density at radius 2 is 2.14 bits per heavy atom. The largest absolute Gasteiger partial charge is 0.339 e. The minimum atomic E-state index is 0.498. The molecule has 1 aliphatic heterocycles. The van der Waals surface area contributed by atoms with E-state index in [1.54, 1.807) is 0 Å². The third kappa shape index (κ3) is 2.89. The van der Waals surface area contributed by atoms with Crippen molar-refractivity contribution in [1.29, 1.82) is 0 Å². The molecule has 3 heteroatoms. The molecule has 1 heterocycles. The van der Waals surface area contributed by atoms with Crippen molar-refractivity contribution in [2.24, 2.45) is 11.0 Å². The maximum atomic E-state index is 4.34. The lowest BCUT2D eigenvalue weighted by atomic mass is 10.1. The average Bonchev–Trinajstić information content (AvgIpc) is 2.44. The first-order chi connectivity index (χ1) is 6.65. The molecule has 0 saturated heterocycles. The maximum absolute atomic E-state index is 4.34. The van der Waals surface area contributed by atoms with Crippen LogP contribution in [0.4, 0.5) is 0 Å². The van der Waals surface area contributed by atoms with E-state index in [0.717, 1.165) is 6.54 Å². The van der Waals surface area contributed by atoms with E-state index in [9.17, 15) is 0 Å². The third-order valence-corrected chi connectivity index (χ3v) is 2.59. The summed E-state index contributed by atoms with van der Waals surface area (Å²) in [5, 5.41) is 6.42. The van der Waals surface area contributed by atoms with Crippen LogP contribution in [-0.4, -0.2) is 36.0 Å². The fourth-order valence-electron chi connectivity index (χ4n) is 1.85. The van der Waals surface area contributed by atoms with E-state index in [1.165, 1.54) is 19.3 Å². The highest BCUT2D eigenvalue weighted by Gasteiger charge is 2.24. The summed E-state index contributed by atoms with van der Waals surface area (Å²) in [4.78, 5) is 2.36. The Kier molecular flexibility index (Phi) is 4.23. The molecule has 1 unspecified atom stereocenters. The lowest BCUT2D eigenvalue weighted by Crippen LogP contribution is -2.39. The molecule has 1 aliphatic rings. The summed E-state index contributed by atoms with van der Waals surface area (Å²) in [6, 6.07) is 0. The fraction of sp³-hybridized carbons (Fsp3) is 0.909. The summed E-state index contributed by atoms with van der Waals surface area (Å²) in [5.74, 6) is 0.706. The standard InChI is InChI=1S/C11H23N3/c1-5-6-7-11-13(4)12-9-14(11)8-10(2)3/h9-11H,5-8H2,1-4H3. The molecule has 0 aromatic rings. The smallest absolute Gasteiger partial charge is 0.118 e. The van der Waals surface area contributed by atoms with Crippen LogP contribution in [0.25, 0.3) is 0 Å². The van der Waals surface area contributed by atoms with Gasteiger partial charge in [-0.1, -0.05) is 27.2 Å². The van der Waals surface area contributed by atoms with Crippen molar-refractivity contribution in [3.05, 3.63) is 0 Å². The molecule has 0 saturated carbocycles. The molecule has 0 bridgehead atoms.